The molecule has 0 spiro atoms. The average Bonchev–Trinajstić information content (AvgIpc) is 2.61. The fraction of sp³-hybridized carbons (Fsp3) is 0.923. The first-order valence-corrected chi connectivity index (χ1v) is 6.32. The summed E-state index contributed by atoms with van der Waals surface area (Å²) >= 11 is 0. The van der Waals surface area contributed by atoms with E-state index in [4.69, 9.17) is 18.9 Å². The summed E-state index contributed by atoms with van der Waals surface area (Å²) in [5.74, 6) is -2.44. The van der Waals surface area contributed by atoms with Gasteiger partial charge in [-0.05, 0) is 27.7 Å². The van der Waals surface area contributed by atoms with Crippen molar-refractivity contribution in [1.82, 2.24) is 0 Å². The molecule has 1 rings (SSSR count). The molecule has 0 amide bonds. The zero-order valence-electron chi connectivity index (χ0n) is 12.4. The maximum atomic E-state index is 12.1. The van der Waals surface area contributed by atoms with Gasteiger partial charge in [-0.25, -0.2) is 0 Å². The van der Waals surface area contributed by atoms with Crippen molar-refractivity contribution in [1.29, 1.82) is 0 Å². The van der Waals surface area contributed by atoms with Gasteiger partial charge in [0.15, 0.2) is 11.6 Å². The number of methoxy groups -OCH3 is 2. The number of hydrogen-bond donors (Lipinski definition) is 1. The molecule has 112 valence electrons. The van der Waals surface area contributed by atoms with E-state index in [1.807, 2.05) is 0 Å². The van der Waals surface area contributed by atoms with Gasteiger partial charge in [-0.2, -0.15) is 0 Å². The number of aliphatic hydroxyl groups excluding tert-OH is 1. The Bertz CT molecular complexity index is 323. The second-order valence-electron chi connectivity index (χ2n) is 5.35. The number of Topliss-reactive ketones (excluding diaryl/α,β-unsaturated/α-hetero) is 1. The van der Waals surface area contributed by atoms with Crippen molar-refractivity contribution in [3.63, 3.8) is 0 Å². The molecule has 1 fully saturated rings. The number of hydrogen-bond acceptors (Lipinski definition) is 6. The van der Waals surface area contributed by atoms with Crippen LogP contribution < -0.4 is 0 Å². The fourth-order valence-corrected chi connectivity index (χ4v) is 2.16. The van der Waals surface area contributed by atoms with E-state index in [2.05, 4.69) is 0 Å². The number of carbonyl (C=O) groups excluding carboxylic acids is 1. The molecule has 3 unspecified atom stereocenters. The lowest BCUT2D eigenvalue weighted by molar-refractivity contribution is -0.202. The van der Waals surface area contributed by atoms with Crippen molar-refractivity contribution in [2.45, 2.75) is 64.0 Å². The summed E-state index contributed by atoms with van der Waals surface area (Å²) in [5, 5.41) is 10.1. The molecule has 3 atom stereocenters. The fourth-order valence-electron chi connectivity index (χ4n) is 2.16. The highest BCUT2D eigenvalue weighted by Gasteiger charge is 2.44. The largest absolute Gasteiger partial charge is 0.390 e. The summed E-state index contributed by atoms with van der Waals surface area (Å²) < 4.78 is 21.2. The van der Waals surface area contributed by atoms with E-state index in [1.54, 1.807) is 20.8 Å². The molecule has 0 aromatic rings. The Balaban J connectivity index is 2.65. The smallest absolute Gasteiger partial charge is 0.225 e. The highest BCUT2D eigenvalue weighted by Crippen LogP contribution is 2.31. The zero-order chi connectivity index (χ0) is 14.8. The van der Waals surface area contributed by atoms with Gasteiger partial charge in [0.05, 0.1) is 12.2 Å². The highest BCUT2D eigenvalue weighted by molar-refractivity contribution is 5.85. The van der Waals surface area contributed by atoms with E-state index in [1.165, 1.54) is 21.1 Å². The number of carbonyl (C=O) groups is 1. The Labute approximate surface area is 114 Å². The average molecular weight is 276 g/mol. The van der Waals surface area contributed by atoms with E-state index in [9.17, 15) is 9.90 Å². The maximum Gasteiger partial charge on any atom is 0.225 e. The molecule has 0 bridgehead atoms. The van der Waals surface area contributed by atoms with Crippen LogP contribution in [0.15, 0.2) is 0 Å². The van der Waals surface area contributed by atoms with Gasteiger partial charge in [0.1, 0.15) is 6.10 Å². The summed E-state index contributed by atoms with van der Waals surface area (Å²) in [6.45, 7) is 6.86. The van der Waals surface area contributed by atoms with Crippen molar-refractivity contribution < 1.29 is 28.8 Å². The lowest BCUT2D eigenvalue weighted by Crippen LogP contribution is -2.44. The lowest BCUT2D eigenvalue weighted by atomic mass is 10.0. The summed E-state index contributed by atoms with van der Waals surface area (Å²) in [4.78, 5) is 12.1. The maximum absolute atomic E-state index is 12.1. The highest BCUT2D eigenvalue weighted by atomic mass is 16.8. The van der Waals surface area contributed by atoms with Gasteiger partial charge in [0.2, 0.25) is 5.79 Å². The Hall–Kier alpha value is -0.530. The third kappa shape index (κ3) is 3.73. The van der Waals surface area contributed by atoms with Crippen molar-refractivity contribution in [2.75, 3.05) is 14.2 Å². The van der Waals surface area contributed by atoms with Crippen LogP contribution >= 0.6 is 0 Å². The van der Waals surface area contributed by atoms with Crippen LogP contribution in [0.5, 0.6) is 0 Å². The standard InChI is InChI=1S/C13H24O6/c1-8-11(19-12(2,3)18-8)9(14)7-10(15)13(4,16-5)17-6/h8-9,11,14H,7H2,1-6H3. The lowest BCUT2D eigenvalue weighted by Gasteiger charge is -2.27. The summed E-state index contributed by atoms with van der Waals surface area (Å²) in [6, 6.07) is 0. The quantitative estimate of drug-likeness (QED) is 0.725. The summed E-state index contributed by atoms with van der Waals surface area (Å²) in [5.41, 5.74) is 0. The molecule has 1 saturated heterocycles. The van der Waals surface area contributed by atoms with Gasteiger partial charge in [-0.3, -0.25) is 4.79 Å². The van der Waals surface area contributed by atoms with Gasteiger partial charge < -0.3 is 24.1 Å². The second-order valence-corrected chi connectivity index (χ2v) is 5.35. The van der Waals surface area contributed by atoms with Gasteiger partial charge >= 0.3 is 0 Å². The first-order chi connectivity index (χ1) is 8.65. The molecule has 0 radical (unpaired) electrons. The van der Waals surface area contributed by atoms with Gasteiger partial charge in [-0.1, -0.05) is 0 Å². The number of ketones is 1. The Morgan fingerprint density at radius 3 is 2.26 bits per heavy atom. The van der Waals surface area contributed by atoms with Crippen LogP contribution in [-0.4, -0.2) is 55.0 Å². The van der Waals surface area contributed by atoms with Crippen LogP contribution in [0.1, 0.15) is 34.1 Å². The predicted molar refractivity (Wildman–Crippen MR) is 67.6 cm³/mol. The van der Waals surface area contributed by atoms with Gasteiger partial charge in [-0.15, -0.1) is 0 Å². The normalized spacial score (nSPS) is 28.4. The number of rotatable bonds is 6. The minimum absolute atomic E-state index is 0.118. The third-order valence-electron chi connectivity index (χ3n) is 3.41. The van der Waals surface area contributed by atoms with Crippen molar-refractivity contribution in [2.24, 2.45) is 0 Å². The van der Waals surface area contributed by atoms with E-state index in [-0.39, 0.29) is 18.3 Å². The van der Waals surface area contributed by atoms with Gasteiger partial charge in [0.25, 0.3) is 0 Å². The molecule has 0 aromatic heterocycles. The molecule has 1 aliphatic heterocycles. The van der Waals surface area contributed by atoms with Gasteiger partial charge in [0, 0.05) is 20.6 Å². The molecule has 1 aliphatic rings. The molecular formula is C13H24O6. The number of ether oxygens (including phenoxy) is 4. The molecule has 1 N–H and O–H groups in total. The predicted octanol–water partition coefficient (Wildman–Crippen LogP) is 0.855. The molecule has 0 aliphatic carbocycles. The zero-order valence-corrected chi connectivity index (χ0v) is 12.4. The van der Waals surface area contributed by atoms with Crippen molar-refractivity contribution in [3.05, 3.63) is 0 Å². The molecule has 6 heteroatoms. The second kappa shape index (κ2) is 5.85. The number of aliphatic hydroxyl groups is 1. The molecule has 19 heavy (non-hydrogen) atoms. The third-order valence-corrected chi connectivity index (χ3v) is 3.41. The van der Waals surface area contributed by atoms with E-state index >= 15 is 0 Å². The van der Waals surface area contributed by atoms with Crippen molar-refractivity contribution >= 4 is 5.78 Å². The van der Waals surface area contributed by atoms with E-state index in [0.29, 0.717) is 0 Å². The van der Waals surface area contributed by atoms with Crippen LogP contribution in [0.25, 0.3) is 0 Å². The van der Waals surface area contributed by atoms with Crippen LogP contribution in [0, 0.1) is 0 Å². The van der Waals surface area contributed by atoms with E-state index in [0.717, 1.165) is 0 Å². The first-order valence-electron chi connectivity index (χ1n) is 6.32. The summed E-state index contributed by atoms with van der Waals surface area (Å²) in [6.07, 6.45) is -1.91. The van der Waals surface area contributed by atoms with Crippen molar-refractivity contribution in [3.8, 4) is 0 Å². The van der Waals surface area contributed by atoms with E-state index < -0.39 is 23.8 Å². The Morgan fingerprint density at radius 2 is 1.89 bits per heavy atom. The van der Waals surface area contributed by atoms with Crippen LogP contribution in [0.2, 0.25) is 0 Å². The van der Waals surface area contributed by atoms with Crippen LogP contribution in [0.4, 0.5) is 0 Å². The Kier molecular flexibility index (Phi) is 5.08. The van der Waals surface area contributed by atoms with Crippen LogP contribution in [0.3, 0.4) is 0 Å². The summed E-state index contributed by atoms with van der Waals surface area (Å²) in [7, 11) is 2.77. The molecule has 0 aromatic carbocycles. The molecule has 1 heterocycles. The first kappa shape index (κ1) is 16.5. The molecule has 6 nitrogen and oxygen atoms in total. The SMILES string of the molecule is COC(C)(OC)C(=O)CC(O)C1OC(C)(C)OC1C. The molecule has 0 saturated carbocycles. The topological polar surface area (TPSA) is 74.2 Å². The Morgan fingerprint density at radius 1 is 1.37 bits per heavy atom. The minimum Gasteiger partial charge on any atom is -0.390 e. The monoisotopic (exact) mass is 276 g/mol. The van der Waals surface area contributed by atoms with Crippen LogP contribution in [-0.2, 0) is 23.7 Å². The minimum atomic E-state index is -1.35. The molecular weight excluding hydrogens is 252 g/mol.